The van der Waals surface area contributed by atoms with Crippen molar-refractivity contribution in [3.8, 4) is 11.5 Å². The largest absolute Gasteiger partial charge is 0.462 e. The molecule has 0 fully saturated rings. The van der Waals surface area contributed by atoms with E-state index in [9.17, 15) is 4.79 Å². The van der Waals surface area contributed by atoms with Crippen molar-refractivity contribution >= 4 is 27.6 Å². The zero-order chi connectivity index (χ0) is 14.5. The van der Waals surface area contributed by atoms with E-state index in [4.69, 9.17) is 15.2 Å². The van der Waals surface area contributed by atoms with E-state index in [1.165, 1.54) is 0 Å². The van der Waals surface area contributed by atoms with E-state index in [1.54, 1.807) is 31.2 Å². The first-order valence-electron chi connectivity index (χ1n) is 6.11. The number of benzene rings is 2. The zero-order valence-electron chi connectivity index (χ0n) is 10.9. The van der Waals surface area contributed by atoms with E-state index >= 15 is 0 Å². The lowest BCUT2D eigenvalue weighted by molar-refractivity contribution is 0.0526. The molecule has 0 spiro atoms. The monoisotopic (exact) mass is 335 g/mol. The maximum Gasteiger partial charge on any atom is 0.338 e. The van der Waals surface area contributed by atoms with Crippen LogP contribution in [0.15, 0.2) is 46.9 Å². The molecule has 0 saturated carbocycles. The summed E-state index contributed by atoms with van der Waals surface area (Å²) >= 11 is 3.39. The molecular formula is C15H14BrNO3. The smallest absolute Gasteiger partial charge is 0.338 e. The third-order valence-corrected chi connectivity index (χ3v) is 3.24. The predicted octanol–water partition coefficient (Wildman–Crippen LogP) is 4.00. The van der Waals surface area contributed by atoms with Gasteiger partial charge in [-0.1, -0.05) is 12.1 Å². The summed E-state index contributed by atoms with van der Waals surface area (Å²) < 4.78 is 11.5. The van der Waals surface area contributed by atoms with Crippen molar-refractivity contribution in [2.45, 2.75) is 6.92 Å². The van der Waals surface area contributed by atoms with Crippen molar-refractivity contribution in [2.24, 2.45) is 0 Å². The SMILES string of the molecule is CCOC(=O)c1ccc(N)c(Oc2ccccc2Br)c1. The van der Waals surface area contributed by atoms with Gasteiger partial charge < -0.3 is 15.2 Å². The summed E-state index contributed by atoms with van der Waals surface area (Å²) in [6, 6.07) is 12.2. The standard InChI is InChI=1S/C15H14BrNO3/c1-2-19-15(18)10-7-8-12(17)14(9-10)20-13-6-4-3-5-11(13)16/h3-9H,2,17H2,1H3. The normalized spacial score (nSPS) is 10.1. The fourth-order valence-corrected chi connectivity index (χ4v) is 1.98. The number of ether oxygens (including phenoxy) is 2. The molecule has 0 aromatic heterocycles. The molecule has 2 N–H and O–H groups in total. The number of carbonyl (C=O) groups is 1. The molecule has 0 heterocycles. The summed E-state index contributed by atoms with van der Waals surface area (Å²) in [5.74, 6) is 0.645. The molecule has 104 valence electrons. The molecule has 0 aliphatic heterocycles. The van der Waals surface area contributed by atoms with Crippen LogP contribution in [0.4, 0.5) is 5.69 Å². The van der Waals surface area contributed by atoms with Crippen LogP contribution in [0.5, 0.6) is 11.5 Å². The fraction of sp³-hybridized carbons (Fsp3) is 0.133. The molecule has 0 aliphatic carbocycles. The van der Waals surface area contributed by atoms with Gasteiger partial charge in [-0.3, -0.25) is 0 Å². The molecule has 0 amide bonds. The fourth-order valence-electron chi connectivity index (χ4n) is 1.61. The average Bonchev–Trinajstić information content (AvgIpc) is 2.44. The lowest BCUT2D eigenvalue weighted by Gasteiger charge is -2.11. The highest BCUT2D eigenvalue weighted by Gasteiger charge is 2.11. The minimum atomic E-state index is -0.399. The first-order valence-corrected chi connectivity index (χ1v) is 6.90. The van der Waals surface area contributed by atoms with Crippen molar-refractivity contribution in [1.29, 1.82) is 0 Å². The number of hydrogen-bond donors (Lipinski definition) is 1. The Labute approximate surface area is 125 Å². The molecule has 4 nitrogen and oxygen atoms in total. The average molecular weight is 336 g/mol. The van der Waals surface area contributed by atoms with Crippen LogP contribution in [-0.4, -0.2) is 12.6 Å². The van der Waals surface area contributed by atoms with Gasteiger partial charge >= 0.3 is 5.97 Å². The highest BCUT2D eigenvalue weighted by Crippen LogP contribution is 2.33. The number of hydrogen-bond acceptors (Lipinski definition) is 4. The molecule has 0 atom stereocenters. The Hall–Kier alpha value is -2.01. The molecule has 0 saturated heterocycles. The Balaban J connectivity index is 2.30. The van der Waals surface area contributed by atoms with E-state index in [0.29, 0.717) is 29.4 Å². The highest BCUT2D eigenvalue weighted by molar-refractivity contribution is 9.10. The predicted molar refractivity (Wildman–Crippen MR) is 81.0 cm³/mol. The number of nitrogens with two attached hydrogens (primary N) is 1. The van der Waals surface area contributed by atoms with Gasteiger partial charge in [-0.15, -0.1) is 0 Å². The van der Waals surface area contributed by atoms with Crippen molar-refractivity contribution in [3.05, 3.63) is 52.5 Å². The molecule has 0 radical (unpaired) electrons. The summed E-state index contributed by atoms with van der Waals surface area (Å²) in [5.41, 5.74) is 6.73. The van der Waals surface area contributed by atoms with Gasteiger partial charge in [0.1, 0.15) is 5.75 Å². The molecule has 20 heavy (non-hydrogen) atoms. The third kappa shape index (κ3) is 3.30. The van der Waals surface area contributed by atoms with Crippen molar-refractivity contribution in [1.82, 2.24) is 0 Å². The summed E-state index contributed by atoms with van der Waals surface area (Å²) in [4.78, 5) is 11.7. The van der Waals surface area contributed by atoms with Crippen molar-refractivity contribution < 1.29 is 14.3 Å². The van der Waals surface area contributed by atoms with Gasteiger partial charge in [-0.2, -0.15) is 0 Å². The van der Waals surface area contributed by atoms with Gasteiger partial charge in [-0.05, 0) is 53.2 Å². The first kappa shape index (κ1) is 14.4. The Morgan fingerprint density at radius 2 is 1.95 bits per heavy atom. The van der Waals surface area contributed by atoms with Crippen molar-refractivity contribution in [2.75, 3.05) is 12.3 Å². The van der Waals surface area contributed by atoms with Crippen LogP contribution in [0.3, 0.4) is 0 Å². The lowest BCUT2D eigenvalue weighted by atomic mass is 10.2. The van der Waals surface area contributed by atoms with E-state index in [1.807, 2.05) is 18.2 Å². The molecule has 2 aromatic rings. The second-order valence-corrected chi connectivity index (χ2v) is 4.86. The van der Waals surface area contributed by atoms with Crippen LogP contribution in [0.1, 0.15) is 17.3 Å². The quantitative estimate of drug-likeness (QED) is 0.677. The summed E-state index contributed by atoms with van der Waals surface area (Å²) in [6.07, 6.45) is 0. The second-order valence-electron chi connectivity index (χ2n) is 4.01. The van der Waals surface area contributed by atoms with E-state index in [2.05, 4.69) is 15.9 Å². The number of para-hydroxylation sites is 1. The number of anilines is 1. The van der Waals surface area contributed by atoms with Crippen LogP contribution in [0, 0.1) is 0 Å². The maximum atomic E-state index is 11.7. The maximum absolute atomic E-state index is 11.7. The highest BCUT2D eigenvalue weighted by atomic mass is 79.9. The van der Waals surface area contributed by atoms with Crippen LogP contribution < -0.4 is 10.5 Å². The number of rotatable bonds is 4. The molecule has 2 rings (SSSR count). The molecule has 5 heteroatoms. The second kappa shape index (κ2) is 6.43. The third-order valence-electron chi connectivity index (χ3n) is 2.58. The van der Waals surface area contributed by atoms with Gasteiger partial charge in [0, 0.05) is 0 Å². The van der Waals surface area contributed by atoms with Gasteiger partial charge in [0.15, 0.2) is 5.75 Å². The summed E-state index contributed by atoms with van der Waals surface area (Å²) in [7, 11) is 0. The summed E-state index contributed by atoms with van der Waals surface area (Å²) in [5, 5.41) is 0. The number of nitrogen functional groups attached to an aromatic ring is 1. The van der Waals surface area contributed by atoms with Gasteiger partial charge in [0.25, 0.3) is 0 Å². The first-order chi connectivity index (χ1) is 9.61. The lowest BCUT2D eigenvalue weighted by Crippen LogP contribution is -2.05. The van der Waals surface area contributed by atoms with E-state index in [0.717, 1.165) is 4.47 Å². The summed E-state index contributed by atoms with van der Waals surface area (Å²) in [6.45, 7) is 2.08. The van der Waals surface area contributed by atoms with Crippen LogP contribution in [0.25, 0.3) is 0 Å². The Kier molecular flexibility index (Phi) is 4.63. The van der Waals surface area contributed by atoms with Gasteiger partial charge in [0.2, 0.25) is 0 Å². The van der Waals surface area contributed by atoms with E-state index in [-0.39, 0.29) is 0 Å². The topological polar surface area (TPSA) is 61.5 Å². The molecule has 0 bridgehead atoms. The Morgan fingerprint density at radius 3 is 2.65 bits per heavy atom. The van der Waals surface area contributed by atoms with E-state index < -0.39 is 5.97 Å². The Morgan fingerprint density at radius 1 is 1.20 bits per heavy atom. The van der Waals surface area contributed by atoms with Crippen LogP contribution in [0.2, 0.25) is 0 Å². The number of esters is 1. The minimum Gasteiger partial charge on any atom is -0.462 e. The Bertz CT molecular complexity index is 628. The van der Waals surface area contributed by atoms with Crippen LogP contribution in [-0.2, 0) is 4.74 Å². The minimum absolute atomic E-state index is 0.323. The zero-order valence-corrected chi connectivity index (χ0v) is 12.5. The molecular weight excluding hydrogens is 322 g/mol. The number of halogens is 1. The molecule has 0 unspecified atom stereocenters. The van der Waals surface area contributed by atoms with Crippen LogP contribution >= 0.6 is 15.9 Å². The van der Waals surface area contributed by atoms with Gasteiger partial charge in [0.05, 0.1) is 22.3 Å². The van der Waals surface area contributed by atoms with Gasteiger partial charge in [-0.25, -0.2) is 4.79 Å². The van der Waals surface area contributed by atoms with Crippen molar-refractivity contribution in [3.63, 3.8) is 0 Å². The molecule has 0 aliphatic rings. The molecule has 2 aromatic carbocycles. The number of carbonyl (C=O) groups excluding carboxylic acids is 1.